The molecule has 0 aliphatic carbocycles. The monoisotopic (exact) mass is 553 g/mol. The molecule has 0 bridgehead atoms. The van der Waals surface area contributed by atoms with Gasteiger partial charge in [0.25, 0.3) is 5.91 Å². The van der Waals surface area contributed by atoms with E-state index in [0.29, 0.717) is 11.3 Å². The van der Waals surface area contributed by atoms with Gasteiger partial charge < -0.3 is 10.6 Å². The van der Waals surface area contributed by atoms with E-state index >= 15 is 0 Å². The van der Waals surface area contributed by atoms with Crippen LogP contribution in [0.1, 0.15) is 34.0 Å². The van der Waals surface area contributed by atoms with E-state index in [1.54, 1.807) is 12.1 Å². The van der Waals surface area contributed by atoms with Gasteiger partial charge in [-0.1, -0.05) is 45.4 Å². The lowest BCUT2D eigenvalue weighted by molar-refractivity contribution is -0.115. The second-order valence-electron chi connectivity index (χ2n) is 8.15. The molecule has 1 atom stereocenters. The third kappa shape index (κ3) is 5.68. The van der Waals surface area contributed by atoms with E-state index < -0.39 is 0 Å². The first-order chi connectivity index (χ1) is 16.2. The molecule has 0 aliphatic rings. The lowest BCUT2D eigenvalue weighted by atomic mass is 10.1. The number of amides is 2. The molecular weight excluding hydrogens is 530 g/mol. The number of thiazole rings is 1. The number of hydrogen-bond donors (Lipinski definition) is 2. The van der Waals surface area contributed by atoms with Crippen LogP contribution >= 0.6 is 39.0 Å². The zero-order valence-corrected chi connectivity index (χ0v) is 22.5. The van der Waals surface area contributed by atoms with Gasteiger partial charge in [0.2, 0.25) is 5.91 Å². The Bertz CT molecular complexity index is 1360. The highest BCUT2D eigenvalue weighted by Crippen LogP contribution is 2.34. The second kappa shape index (κ2) is 10.3. The number of thioether (sulfide) groups is 1. The molecule has 34 heavy (non-hydrogen) atoms. The Hall–Kier alpha value is -2.68. The lowest BCUT2D eigenvalue weighted by Gasteiger charge is -2.15. The molecule has 174 valence electrons. The number of anilines is 2. The van der Waals surface area contributed by atoms with E-state index in [1.807, 2.05) is 51.1 Å². The SMILES string of the molecule is Cc1cc(C)c(NC(=O)[C@H](C)Sc2nc3ccc(NC(=O)c4ccc(Br)cc4)cc3s2)c(C)c1. The molecule has 0 saturated heterocycles. The van der Waals surface area contributed by atoms with Crippen LogP contribution in [-0.4, -0.2) is 22.0 Å². The Kier molecular flexibility index (Phi) is 7.40. The van der Waals surface area contributed by atoms with Crippen molar-refractivity contribution in [2.24, 2.45) is 0 Å². The number of carbonyl (C=O) groups is 2. The molecule has 8 heteroatoms. The van der Waals surface area contributed by atoms with E-state index in [2.05, 4.69) is 50.6 Å². The highest BCUT2D eigenvalue weighted by molar-refractivity contribution is 9.10. The fraction of sp³-hybridized carbons (Fsp3) is 0.192. The fourth-order valence-electron chi connectivity index (χ4n) is 3.64. The topological polar surface area (TPSA) is 71.1 Å². The summed E-state index contributed by atoms with van der Waals surface area (Å²) in [6.07, 6.45) is 0. The van der Waals surface area contributed by atoms with Gasteiger partial charge in [0.05, 0.1) is 15.5 Å². The first kappa shape index (κ1) is 24.4. The summed E-state index contributed by atoms with van der Waals surface area (Å²) in [7, 11) is 0. The minimum Gasteiger partial charge on any atom is -0.325 e. The molecule has 1 aromatic heterocycles. The van der Waals surface area contributed by atoms with E-state index in [1.165, 1.54) is 28.7 Å². The van der Waals surface area contributed by atoms with Gasteiger partial charge in [-0.3, -0.25) is 9.59 Å². The van der Waals surface area contributed by atoms with E-state index in [4.69, 9.17) is 0 Å². The van der Waals surface area contributed by atoms with Gasteiger partial charge >= 0.3 is 0 Å². The number of benzene rings is 3. The Morgan fingerprint density at radius 3 is 2.32 bits per heavy atom. The molecule has 0 fully saturated rings. The summed E-state index contributed by atoms with van der Waals surface area (Å²) in [5.74, 6) is -0.222. The smallest absolute Gasteiger partial charge is 0.255 e. The summed E-state index contributed by atoms with van der Waals surface area (Å²) >= 11 is 6.32. The van der Waals surface area contributed by atoms with Crippen molar-refractivity contribution in [3.8, 4) is 0 Å². The molecule has 4 aromatic rings. The summed E-state index contributed by atoms with van der Waals surface area (Å²) < 4.78 is 2.69. The number of halogens is 1. The van der Waals surface area contributed by atoms with Gasteiger partial charge in [-0.2, -0.15) is 0 Å². The van der Waals surface area contributed by atoms with Crippen LogP contribution in [0.3, 0.4) is 0 Å². The van der Waals surface area contributed by atoms with Crippen molar-refractivity contribution in [2.75, 3.05) is 10.6 Å². The van der Waals surface area contributed by atoms with Crippen molar-refractivity contribution in [3.63, 3.8) is 0 Å². The van der Waals surface area contributed by atoms with Gasteiger partial charge in [0, 0.05) is 21.4 Å². The molecule has 2 amide bonds. The number of rotatable bonds is 6. The number of aromatic nitrogens is 1. The molecule has 0 saturated carbocycles. The molecule has 5 nitrogen and oxygen atoms in total. The lowest BCUT2D eigenvalue weighted by Crippen LogP contribution is -2.23. The zero-order valence-electron chi connectivity index (χ0n) is 19.2. The standard InChI is InChI=1S/C26H24BrN3O2S2/c1-14-11-15(2)23(16(3)12-14)30-24(31)17(4)33-26-29-21-10-9-20(13-22(21)34-26)28-25(32)18-5-7-19(27)8-6-18/h5-13,17H,1-4H3,(H,28,32)(H,30,31)/t17-/m0/s1. The summed E-state index contributed by atoms with van der Waals surface area (Å²) in [6.45, 7) is 7.95. The molecule has 4 rings (SSSR count). The van der Waals surface area contributed by atoms with E-state index in [9.17, 15) is 9.59 Å². The predicted octanol–water partition coefficient (Wildman–Crippen LogP) is 7.36. The van der Waals surface area contributed by atoms with Crippen LogP contribution < -0.4 is 10.6 Å². The minimum absolute atomic E-state index is 0.0539. The average molecular weight is 555 g/mol. The highest BCUT2D eigenvalue weighted by atomic mass is 79.9. The van der Waals surface area contributed by atoms with Crippen LogP contribution in [0, 0.1) is 20.8 Å². The van der Waals surface area contributed by atoms with Gasteiger partial charge in [-0.05, 0) is 81.3 Å². The van der Waals surface area contributed by atoms with Crippen LogP contribution in [0.4, 0.5) is 11.4 Å². The molecular formula is C26H24BrN3O2S2. The van der Waals surface area contributed by atoms with Crippen molar-refractivity contribution in [2.45, 2.75) is 37.3 Å². The maximum absolute atomic E-state index is 12.8. The number of aryl methyl sites for hydroxylation is 3. The Labute approximate surface area is 215 Å². The average Bonchev–Trinajstić information content (AvgIpc) is 3.17. The third-order valence-corrected chi connectivity index (χ3v) is 8.05. The normalized spacial score (nSPS) is 11.9. The first-order valence-corrected chi connectivity index (χ1v) is 13.2. The summed E-state index contributed by atoms with van der Waals surface area (Å²) in [4.78, 5) is 30.0. The van der Waals surface area contributed by atoms with Crippen molar-refractivity contribution in [1.82, 2.24) is 4.98 Å². The summed E-state index contributed by atoms with van der Waals surface area (Å²) in [6, 6.07) is 17.0. The highest BCUT2D eigenvalue weighted by Gasteiger charge is 2.19. The number of nitrogens with one attached hydrogen (secondary N) is 2. The number of fused-ring (bicyclic) bond motifs is 1. The van der Waals surface area contributed by atoms with Crippen molar-refractivity contribution in [3.05, 3.63) is 81.3 Å². The van der Waals surface area contributed by atoms with Gasteiger partial charge in [0.1, 0.15) is 0 Å². The number of nitrogens with zero attached hydrogens (tertiary/aromatic N) is 1. The number of hydrogen-bond acceptors (Lipinski definition) is 5. The van der Waals surface area contributed by atoms with Crippen molar-refractivity contribution in [1.29, 1.82) is 0 Å². The van der Waals surface area contributed by atoms with Gasteiger partial charge in [0.15, 0.2) is 4.34 Å². The number of carbonyl (C=O) groups excluding carboxylic acids is 2. The second-order valence-corrected chi connectivity index (χ2v) is 11.7. The van der Waals surface area contributed by atoms with Crippen LogP contribution in [-0.2, 0) is 4.79 Å². The largest absolute Gasteiger partial charge is 0.325 e. The Morgan fingerprint density at radius 2 is 1.65 bits per heavy atom. The summed E-state index contributed by atoms with van der Waals surface area (Å²) in [5, 5.41) is 5.70. The van der Waals surface area contributed by atoms with Crippen LogP contribution in [0.15, 0.2) is 63.4 Å². The molecule has 0 radical (unpaired) electrons. The van der Waals surface area contributed by atoms with Gasteiger partial charge in [-0.25, -0.2) is 4.98 Å². The molecule has 3 aromatic carbocycles. The molecule has 0 unspecified atom stereocenters. The third-order valence-electron chi connectivity index (χ3n) is 5.31. The molecule has 0 aliphatic heterocycles. The van der Waals surface area contributed by atoms with Crippen LogP contribution in [0.5, 0.6) is 0 Å². The van der Waals surface area contributed by atoms with Crippen molar-refractivity contribution >= 4 is 72.4 Å². The van der Waals surface area contributed by atoms with Crippen LogP contribution in [0.2, 0.25) is 0 Å². The van der Waals surface area contributed by atoms with E-state index in [0.717, 1.165) is 35.8 Å². The minimum atomic E-state index is -0.308. The quantitative estimate of drug-likeness (QED) is 0.245. The summed E-state index contributed by atoms with van der Waals surface area (Å²) in [5.41, 5.74) is 6.30. The molecule has 1 heterocycles. The van der Waals surface area contributed by atoms with E-state index in [-0.39, 0.29) is 17.1 Å². The Morgan fingerprint density at radius 1 is 0.971 bits per heavy atom. The fourth-order valence-corrected chi connectivity index (χ4v) is 6.16. The van der Waals surface area contributed by atoms with Gasteiger partial charge in [-0.15, -0.1) is 11.3 Å². The maximum atomic E-state index is 12.8. The molecule has 2 N–H and O–H groups in total. The predicted molar refractivity (Wildman–Crippen MR) is 146 cm³/mol. The van der Waals surface area contributed by atoms with Crippen molar-refractivity contribution < 1.29 is 9.59 Å². The van der Waals surface area contributed by atoms with Crippen LogP contribution in [0.25, 0.3) is 10.2 Å². The maximum Gasteiger partial charge on any atom is 0.255 e. The first-order valence-electron chi connectivity index (χ1n) is 10.7. The molecule has 0 spiro atoms. The zero-order chi connectivity index (χ0) is 24.4. The Balaban J connectivity index is 1.44.